The van der Waals surface area contributed by atoms with Gasteiger partial charge in [-0.25, -0.2) is 0 Å². The van der Waals surface area contributed by atoms with Crippen LogP contribution in [0.15, 0.2) is 4.99 Å². The third-order valence-electron chi connectivity index (χ3n) is 4.92. The maximum Gasteiger partial charge on any atom is 0.191 e. The van der Waals surface area contributed by atoms with E-state index in [0.717, 1.165) is 25.6 Å². The van der Waals surface area contributed by atoms with Crippen LogP contribution in [-0.2, 0) is 0 Å². The zero-order valence-corrected chi connectivity index (χ0v) is 12.0. The van der Waals surface area contributed by atoms with Crippen molar-refractivity contribution in [2.75, 3.05) is 19.6 Å². The minimum atomic E-state index is 0.469. The van der Waals surface area contributed by atoms with Crippen molar-refractivity contribution in [1.82, 2.24) is 4.90 Å². The van der Waals surface area contributed by atoms with Gasteiger partial charge in [0.1, 0.15) is 0 Å². The predicted molar refractivity (Wildman–Crippen MR) is 77.7 cm³/mol. The predicted octanol–water partition coefficient (Wildman–Crippen LogP) is 3.15. The molecule has 2 rings (SSSR count). The van der Waals surface area contributed by atoms with Crippen molar-refractivity contribution in [2.24, 2.45) is 16.1 Å². The van der Waals surface area contributed by atoms with Gasteiger partial charge in [0.25, 0.3) is 0 Å². The lowest BCUT2D eigenvalue weighted by molar-refractivity contribution is 0.295. The lowest BCUT2D eigenvalue weighted by Crippen LogP contribution is -2.39. The molecule has 1 aliphatic carbocycles. The largest absolute Gasteiger partial charge is 0.370 e. The average Bonchev–Trinajstić information content (AvgIpc) is 2.70. The molecule has 0 unspecified atom stereocenters. The van der Waals surface area contributed by atoms with Crippen LogP contribution >= 0.6 is 0 Å². The van der Waals surface area contributed by atoms with Crippen molar-refractivity contribution in [3.8, 4) is 0 Å². The average molecular weight is 251 g/mol. The van der Waals surface area contributed by atoms with Crippen LogP contribution in [0.1, 0.15) is 64.7 Å². The SMILES string of the molecule is CCC1(CN=C(N)N2CCCCCC2)CCCC1. The van der Waals surface area contributed by atoms with Crippen LogP contribution in [-0.4, -0.2) is 30.5 Å². The molecule has 1 heterocycles. The van der Waals surface area contributed by atoms with Gasteiger partial charge in [-0.2, -0.15) is 0 Å². The van der Waals surface area contributed by atoms with Crippen LogP contribution < -0.4 is 5.73 Å². The lowest BCUT2D eigenvalue weighted by atomic mass is 9.84. The Balaban J connectivity index is 1.90. The Hall–Kier alpha value is -0.730. The van der Waals surface area contributed by atoms with Gasteiger partial charge in [0, 0.05) is 19.6 Å². The highest BCUT2D eigenvalue weighted by molar-refractivity contribution is 5.78. The molecule has 18 heavy (non-hydrogen) atoms. The van der Waals surface area contributed by atoms with Crippen molar-refractivity contribution in [1.29, 1.82) is 0 Å². The summed E-state index contributed by atoms with van der Waals surface area (Å²) < 4.78 is 0. The molecule has 0 aromatic heterocycles. The van der Waals surface area contributed by atoms with E-state index in [1.807, 2.05) is 0 Å². The van der Waals surface area contributed by atoms with Crippen LogP contribution in [0.2, 0.25) is 0 Å². The summed E-state index contributed by atoms with van der Waals surface area (Å²) in [6, 6.07) is 0. The number of likely N-dealkylation sites (tertiary alicyclic amines) is 1. The topological polar surface area (TPSA) is 41.6 Å². The Labute approximate surface area is 112 Å². The Kier molecular flexibility index (Phi) is 4.90. The zero-order valence-electron chi connectivity index (χ0n) is 12.0. The van der Waals surface area contributed by atoms with E-state index in [1.165, 1.54) is 57.8 Å². The molecule has 0 bridgehead atoms. The molecule has 2 N–H and O–H groups in total. The van der Waals surface area contributed by atoms with Gasteiger partial charge in [0.2, 0.25) is 0 Å². The van der Waals surface area contributed by atoms with Gasteiger partial charge in [-0.15, -0.1) is 0 Å². The van der Waals surface area contributed by atoms with E-state index in [-0.39, 0.29) is 0 Å². The summed E-state index contributed by atoms with van der Waals surface area (Å²) in [4.78, 5) is 7.03. The van der Waals surface area contributed by atoms with Crippen LogP contribution in [0.4, 0.5) is 0 Å². The molecule has 1 saturated carbocycles. The molecule has 0 amide bonds. The molecule has 3 heteroatoms. The van der Waals surface area contributed by atoms with Crippen LogP contribution in [0.5, 0.6) is 0 Å². The second kappa shape index (κ2) is 6.44. The number of nitrogens with zero attached hydrogens (tertiary/aromatic N) is 2. The third-order valence-corrected chi connectivity index (χ3v) is 4.92. The van der Waals surface area contributed by atoms with Crippen molar-refractivity contribution in [3.63, 3.8) is 0 Å². The van der Waals surface area contributed by atoms with Gasteiger partial charge >= 0.3 is 0 Å². The molecule has 0 aromatic carbocycles. The maximum atomic E-state index is 6.19. The fourth-order valence-corrected chi connectivity index (χ4v) is 3.40. The number of guanidine groups is 1. The first-order chi connectivity index (χ1) is 8.76. The highest BCUT2D eigenvalue weighted by Gasteiger charge is 2.31. The second-order valence-electron chi connectivity index (χ2n) is 6.14. The molecule has 3 nitrogen and oxygen atoms in total. The van der Waals surface area contributed by atoms with Crippen molar-refractivity contribution >= 4 is 5.96 Å². The third kappa shape index (κ3) is 3.39. The quantitative estimate of drug-likeness (QED) is 0.618. The number of hydrogen-bond acceptors (Lipinski definition) is 1. The Morgan fingerprint density at radius 3 is 2.22 bits per heavy atom. The molecule has 2 fully saturated rings. The normalized spacial score (nSPS) is 25.2. The van der Waals surface area contributed by atoms with Gasteiger partial charge in [-0.05, 0) is 37.5 Å². The summed E-state index contributed by atoms with van der Waals surface area (Å²) in [5.41, 5.74) is 6.65. The van der Waals surface area contributed by atoms with E-state index < -0.39 is 0 Å². The highest BCUT2D eigenvalue weighted by atomic mass is 15.2. The first kappa shape index (κ1) is 13.7. The number of rotatable bonds is 3. The molecule has 104 valence electrons. The minimum Gasteiger partial charge on any atom is -0.370 e. The highest BCUT2D eigenvalue weighted by Crippen LogP contribution is 2.41. The summed E-state index contributed by atoms with van der Waals surface area (Å²) in [5, 5.41) is 0. The van der Waals surface area contributed by atoms with E-state index in [9.17, 15) is 0 Å². The monoisotopic (exact) mass is 251 g/mol. The lowest BCUT2D eigenvalue weighted by Gasteiger charge is -2.27. The molecular formula is C15H29N3. The van der Waals surface area contributed by atoms with E-state index >= 15 is 0 Å². The molecule has 0 radical (unpaired) electrons. The standard InChI is InChI=1S/C15H29N3/c1-2-15(9-5-6-10-15)13-17-14(16)18-11-7-3-4-8-12-18/h2-13H2,1H3,(H2,16,17). The van der Waals surface area contributed by atoms with Crippen molar-refractivity contribution in [3.05, 3.63) is 0 Å². The van der Waals surface area contributed by atoms with E-state index in [0.29, 0.717) is 5.41 Å². The van der Waals surface area contributed by atoms with Crippen LogP contribution in [0, 0.1) is 5.41 Å². The van der Waals surface area contributed by atoms with Gasteiger partial charge in [0.05, 0.1) is 0 Å². The number of nitrogens with two attached hydrogens (primary N) is 1. The Morgan fingerprint density at radius 1 is 1.06 bits per heavy atom. The molecule has 0 aromatic rings. The van der Waals surface area contributed by atoms with Gasteiger partial charge in [-0.3, -0.25) is 4.99 Å². The van der Waals surface area contributed by atoms with Crippen LogP contribution in [0.3, 0.4) is 0 Å². The van der Waals surface area contributed by atoms with E-state index in [4.69, 9.17) is 10.7 Å². The van der Waals surface area contributed by atoms with Gasteiger partial charge in [0.15, 0.2) is 5.96 Å². The number of hydrogen-bond donors (Lipinski definition) is 1. The summed E-state index contributed by atoms with van der Waals surface area (Å²) in [6.07, 6.45) is 12.0. The Morgan fingerprint density at radius 2 is 1.67 bits per heavy atom. The smallest absolute Gasteiger partial charge is 0.191 e. The number of aliphatic imine (C=N–C) groups is 1. The molecule has 2 aliphatic rings. The van der Waals surface area contributed by atoms with Crippen molar-refractivity contribution in [2.45, 2.75) is 64.7 Å². The molecule has 0 spiro atoms. The molecule has 0 atom stereocenters. The Bertz CT molecular complexity index is 271. The summed E-state index contributed by atoms with van der Waals surface area (Å²) in [5.74, 6) is 0.802. The summed E-state index contributed by atoms with van der Waals surface area (Å²) in [6.45, 7) is 5.47. The minimum absolute atomic E-state index is 0.469. The van der Waals surface area contributed by atoms with Gasteiger partial charge < -0.3 is 10.6 Å². The molecule has 1 saturated heterocycles. The fourth-order valence-electron chi connectivity index (χ4n) is 3.40. The molecular weight excluding hydrogens is 222 g/mol. The summed E-state index contributed by atoms with van der Waals surface area (Å²) in [7, 11) is 0. The second-order valence-corrected chi connectivity index (χ2v) is 6.14. The van der Waals surface area contributed by atoms with E-state index in [2.05, 4.69) is 11.8 Å². The maximum absolute atomic E-state index is 6.19. The first-order valence-corrected chi connectivity index (χ1v) is 7.81. The van der Waals surface area contributed by atoms with Crippen LogP contribution in [0.25, 0.3) is 0 Å². The summed E-state index contributed by atoms with van der Waals surface area (Å²) >= 11 is 0. The van der Waals surface area contributed by atoms with Gasteiger partial charge in [-0.1, -0.05) is 32.6 Å². The van der Waals surface area contributed by atoms with Crippen molar-refractivity contribution < 1.29 is 0 Å². The fraction of sp³-hybridized carbons (Fsp3) is 0.933. The zero-order chi connectivity index (χ0) is 12.8. The van der Waals surface area contributed by atoms with E-state index in [1.54, 1.807) is 0 Å². The first-order valence-electron chi connectivity index (χ1n) is 7.81. The molecule has 1 aliphatic heterocycles.